The summed E-state index contributed by atoms with van der Waals surface area (Å²) in [4.78, 5) is 30.7. The van der Waals surface area contributed by atoms with E-state index in [-0.39, 0.29) is 17.7 Å². The first-order valence-electron chi connectivity index (χ1n) is 10.2. The number of fused-ring (bicyclic) bond motifs is 1. The molecule has 2 amide bonds. The van der Waals surface area contributed by atoms with Crippen LogP contribution >= 0.6 is 0 Å². The first-order chi connectivity index (χ1) is 14.4. The van der Waals surface area contributed by atoms with E-state index in [0.29, 0.717) is 25.9 Å². The molecule has 154 valence electrons. The third-order valence-corrected chi connectivity index (χ3v) is 5.74. The number of likely N-dealkylation sites (tertiary alicyclic amines) is 1. The van der Waals surface area contributed by atoms with Crippen LogP contribution in [0.4, 0.5) is 0 Å². The maximum atomic E-state index is 12.7. The van der Waals surface area contributed by atoms with E-state index in [1.807, 2.05) is 35.7 Å². The van der Waals surface area contributed by atoms with Crippen LogP contribution in [0.2, 0.25) is 0 Å². The maximum absolute atomic E-state index is 12.7. The van der Waals surface area contributed by atoms with E-state index < -0.39 is 0 Å². The lowest BCUT2D eigenvalue weighted by Crippen LogP contribution is -2.41. The molecule has 6 heteroatoms. The topological polar surface area (TPSA) is 80.7 Å². The zero-order valence-corrected chi connectivity index (χ0v) is 17.3. The summed E-state index contributed by atoms with van der Waals surface area (Å²) < 4.78 is 2.01. The van der Waals surface area contributed by atoms with E-state index in [1.54, 1.807) is 11.0 Å². The zero-order valence-electron chi connectivity index (χ0n) is 17.3. The van der Waals surface area contributed by atoms with Crippen LogP contribution in [0.15, 0.2) is 48.7 Å². The van der Waals surface area contributed by atoms with E-state index in [9.17, 15) is 9.59 Å². The average Bonchev–Trinajstić information content (AvgIpc) is 3.10. The van der Waals surface area contributed by atoms with Gasteiger partial charge in [-0.25, -0.2) is 4.98 Å². The van der Waals surface area contributed by atoms with Gasteiger partial charge in [0.15, 0.2) is 0 Å². The Morgan fingerprint density at radius 3 is 2.43 bits per heavy atom. The van der Waals surface area contributed by atoms with Gasteiger partial charge >= 0.3 is 0 Å². The molecule has 0 saturated carbocycles. The molecule has 0 radical (unpaired) electrons. The van der Waals surface area contributed by atoms with Crippen LogP contribution in [0.5, 0.6) is 0 Å². The van der Waals surface area contributed by atoms with Crippen molar-refractivity contribution in [3.8, 4) is 11.3 Å². The van der Waals surface area contributed by atoms with Gasteiger partial charge in [-0.05, 0) is 50.5 Å². The molecule has 1 aliphatic heterocycles. The summed E-state index contributed by atoms with van der Waals surface area (Å²) in [6.45, 7) is 5.19. The number of aromatic nitrogens is 2. The van der Waals surface area contributed by atoms with Crippen LogP contribution < -0.4 is 5.73 Å². The summed E-state index contributed by atoms with van der Waals surface area (Å²) in [6.07, 6.45) is 6.67. The Morgan fingerprint density at radius 2 is 1.77 bits per heavy atom. The molecule has 0 atom stereocenters. The molecule has 1 aliphatic rings. The zero-order chi connectivity index (χ0) is 21.3. The summed E-state index contributed by atoms with van der Waals surface area (Å²) >= 11 is 0. The van der Waals surface area contributed by atoms with Crippen LogP contribution in [-0.2, 0) is 9.59 Å². The number of amides is 2. The quantitative estimate of drug-likeness (QED) is 0.680. The van der Waals surface area contributed by atoms with E-state index in [2.05, 4.69) is 31.2 Å². The van der Waals surface area contributed by atoms with Crippen LogP contribution in [-0.4, -0.2) is 39.2 Å². The first kappa shape index (κ1) is 19.9. The van der Waals surface area contributed by atoms with Crippen molar-refractivity contribution in [2.75, 3.05) is 13.1 Å². The predicted octanol–water partition coefficient (Wildman–Crippen LogP) is 3.36. The van der Waals surface area contributed by atoms with Gasteiger partial charge in [0, 0.05) is 36.8 Å². The number of aryl methyl sites for hydroxylation is 2. The fourth-order valence-electron chi connectivity index (χ4n) is 3.89. The number of hydrogen-bond donors (Lipinski definition) is 1. The number of primary amides is 1. The van der Waals surface area contributed by atoms with E-state index >= 15 is 0 Å². The fourth-order valence-corrected chi connectivity index (χ4v) is 3.89. The molecule has 0 aliphatic carbocycles. The standard InChI is InChI=1S/C24H26N4O2/c1-16-3-5-18(6-4-16)23-20(28-14-9-17(2)15-21(28)26-23)7-8-22(29)27-12-10-19(11-13-27)24(25)30/h3-9,14-15,19H,10-13H2,1-2H3,(H2,25,30)/b8-7+. The number of pyridine rings is 1. The van der Waals surface area contributed by atoms with Gasteiger partial charge in [0.2, 0.25) is 11.8 Å². The number of benzene rings is 1. The van der Waals surface area contributed by atoms with Crippen molar-refractivity contribution < 1.29 is 9.59 Å². The molecular formula is C24H26N4O2. The fraction of sp³-hybridized carbons (Fsp3) is 0.292. The molecule has 1 aromatic carbocycles. The molecule has 3 heterocycles. The van der Waals surface area contributed by atoms with Crippen LogP contribution in [0.3, 0.4) is 0 Å². The lowest BCUT2D eigenvalue weighted by molar-refractivity contribution is -0.130. The van der Waals surface area contributed by atoms with Crippen molar-refractivity contribution >= 4 is 23.5 Å². The van der Waals surface area contributed by atoms with Crippen LogP contribution in [0, 0.1) is 19.8 Å². The first-order valence-corrected chi connectivity index (χ1v) is 10.2. The van der Waals surface area contributed by atoms with Crippen molar-refractivity contribution in [2.24, 2.45) is 11.7 Å². The molecule has 0 bridgehead atoms. The van der Waals surface area contributed by atoms with Crippen LogP contribution in [0.1, 0.15) is 29.7 Å². The number of hydrogen-bond acceptors (Lipinski definition) is 3. The van der Waals surface area contributed by atoms with Gasteiger partial charge in [-0.1, -0.05) is 29.8 Å². The molecule has 0 spiro atoms. The van der Waals surface area contributed by atoms with Crippen molar-refractivity contribution in [1.29, 1.82) is 0 Å². The number of nitrogens with zero attached hydrogens (tertiary/aromatic N) is 3. The Bertz CT molecular complexity index is 1120. The Balaban J connectivity index is 1.64. The smallest absolute Gasteiger partial charge is 0.246 e. The minimum atomic E-state index is -0.276. The summed E-state index contributed by atoms with van der Waals surface area (Å²) in [7, 11) is 0. The van der Waals surface area contributed by atoms with Crippen molar-refractivity contribution in [2.45, 2.75) is 26.7 Å². The highest BCUT2D eigenvalue weighted by Gasteiger charge is 2.25. The highest BCUT2D eigenvalue weighted by molar-refractivity contribution is 5.93. The number of piperidine rings is 1. The van der Waals surface area contributed by atoms with Gasteiger partial charge in [-0.3, -0.25) is 14.0 Å². The second-order valence-corrected chi connectivity index (χ2v) is 7.98. The average molecular weight is 402 g/mol. The SMILES string of the molecule is Cc1ccc(-c2nc3cc(C)ccn3c2/C=C/C(=O)N2CCC(C(N)=O)CC2)cc1. The number of imidazole rings is 1. The molecule has 4 rings (SSSR count). The second kappa shape index (κ2) is 8.14. The summed E-state index contributed by atoms with van der Waals surface area (Å²) in [5.74, 6) is -0.468. The Labute approximate surface area is 176 Å². The van der Waals surface area contributed by atoms with E-state index in [1.165, 1.54) is 5.56 Å². The molecular weight excluding hydrogens is 376 g/mol. The highest BCUT2D eigenvalue weighted by atomic mass is 16.2. The number of nitrogens with two attached hydrogens (primary N) is 1. The number of carbonyl (C=O) groups excluding carboxylic acids is 2. The summed E-state index contributed by atoms with van der Waals surface area (Å²) in [5, 5.41) is 0. The van der Waals surface area contributed by atoms with Gasteiger partial charge in [-0.2, -0.15) is 0 Å². The molecule has 2 aromatic heterocycles. The molecule has 3 aromatic rings. The number of rotatable bonds is 4. The second-order valence-electron chi connectivity index (χ2n) is 7.98. The molecule has 2 N–H and O–H groups in total. The maximum Gasteiger partial charge on any atom is 0.246 e. The van der Waals surface area contributed by atoms with E-state index in [0.717, 1.165) is 28.2 Å². The van der Waals surface area contributed by atoms with Crippen molar-refractivity contribution in [3.05, 3.63) is 65.5 Å². The highest BCUT2D eigenvalue weighted by Crippen LogP contribution is 2.27. The van der Waals surface area contributed by atoms with Gasteiger partial charge in [0.05, 0.1) is 11.4 Å². The van der Waals surface area contributed by atoms with Crippen LogP contribution in [0.25, 0.3) is 23.0 Å². The summed E-state index contributed by atoms with van der Waals surface area (Å²) in [6, 6.07) is 12.3. The Morgan fingerprint density at radius 1 is 1.07 bits per heavy atom. The van der Waals surface area contributed by atoms with Crippen molar-refractivity contribution in [3.63, 3.8) is 0 Å². The molecule has 1 saturated heterocycles. The van der Waals surface area contributed by atoms with E-state index in [4.69, 9.17) is 10.7 Å². The van der Waals surface area contributed by atoms with Crippen molar-refractivity contribution in [1.82, 2.24) is 14.3 Å². The molecule has 0 unspecified atom stereocenters. The lowest BCUT2D eigenvalue weighted by Gasteiger charge is -2.29. The Hall–Kier alpha value is -3.41. The van der Waals surface area contributed by atoms with Gasteiger partial charge in [-0.15, -0.1) is 0 Å². The van der Waals surface area contributed by atoms with Gasteiger partial charge in [0.25, 0.3) is 0 Å². The third kappa shape index (κ3) is 3.99. The monoisotopic (exact) mass is 402 g/mol. The minimum Gasteiger partial charge on any atom is -0.369 e. The Kier molecular flexibility index (Phi) is 5.40. The normalized spacial score (nSPS) is 15.2. The molecule has 6 nitrogen and oxygen atoms in total. The van der Waals surface area contributed by atoms with Gasteiger partial charge < -0.3 is 10.6 Å². The number of carbonyl (C=O) groups is 2. The largest absolute Gasteiger partial charge is 0.369 e. The third-order valence-electron chi connectivity index (χ3n) is 5.74. The minimum absolute atomic E-state index is 0.0603. The molecule has 30 heavy (non-hydrogen) atoms. The lowest BCUT2D eigenvalue weighted by atomic mass is 9.96. The predicted molar refractivity (Wildman–Crippen MR) is 118 cm³/mol. The van der Waals surface area contributed by atoms with Gasteiger partial charge in [0.1, 0.15) is 5.65 Å². The summed E-state index contributed by atoms with van der Waals surface area (Å²) in [5.41, 5.74) is 11.3. The molecule has 1 fully saturated rings.